The van der Waals surface area contributed by atoms with Crippen LogP contribution >= 0.6 is 12.2 Å². The number of aromatic amines is 1. The van der Waals surface area contributed by atoms with Gasteiger partial charge in [-0.2, -0.15) is 5.10 Å². The van der Waals surface area contributed by atoms with Gasteiger partial charge in [-0.3, -0.25) is 5.10 Å². The second-order valence-corrected chi connectivity index (χ2v) is 3.62. The number of nitrogens with zero attached hydrogens (tertiary/aromatic N) is 1. The first-order valence-corrected chi connectivity index (χ1v) is 5.00. The Kier molecular flexibility index (Phi) is 2.96. The van der Waals surface area contributed by atoms with E-state index < -0.39 is 5.82 Å². The van der Waals surface area contributed by atoms with Crippen LogP contribution in [0.4, 0.5) is 4.39 Å². The first-order valence-electron chi connectivity index (χ1n) is 4.59. The lowest BCUT2D eigenvalue weighted by Gasteiger charge is -2.04. The van der Waals surface area contributed by atoms with Gasteiger partial charge < -0.3 is 4.74 Å². The lowest BCUT2D eigenvalue weighted by Crippen LogP contribution is -1.89. The molecule has 1 heterocycles. The first-order chi connectivity index (χ1) is 7.70. The van der Waals surface area contributed by atoms with Crippen molar-refractivity contribution in [3.8, 4) is 16.9 Å². The van der Waals surface area contributed by atoms with Gasteiger partial charge in [0.1, 0.15) is 4.64 Å². The number of aromatic nitrogens is 2. The van der Waals surface area contributed by atoms with E-state index in [1.807, 2.05) is 0 Å². The minimum absolute atomic E-state index is 0.220. The van der Waals surface area contributed by atoms with Gasteiger partial charge in [-0.05, 0) is 23.8 Å². The maximum atomic E-state index is 13.5. The summed E-state index contributed by atoms with van der Waals surface area (Å²) in [6, 6.07) is 6.45. The summed E-state index contributed by atoms with van der Waals surface area (Å²) in [6.45, 7) is 0. The zero-order chi connectivity index (χ0) is 11.5. The van der Waals surface area contributed by atoms with Crippen LogP contribution in [-0.2, 0) is 0 Å². The van der Waals surface area contributed by atoms with E-state index in [-0.39, 0.29) is 5.75 Å². The standard InChI is InChI=1S/C11H9FN2OS/c1-15-10-3-2-7(4-9(10)12)8-5-11(16)14-13-6-8/h2-6H,1H3,(H,14,16). The van der Waals surface area contributed by atoms with Crippen molar-refractivity contribution in [2.24, 2.45) is 0 Å². The second-order valence-electron chi connectivity index (χ2n) is 3.18. The van der Waals surface area contributed by atoms with Crippen LogP contribution in [0, 0.1) is 10.5 Å². The number of H-pyrrole nitrogens is 1. The molecule has 16 heavy (non-hydrogen) atoms. The third-order valence-electron chi connectivity index (χ3n) is 2.15. The molecule has 0 aliphatic carbocycles. The van der Waals surface area contributed by atoms with Crippen LogP contribution in [-0.4, -0.2) is 17.3 Å². The normalized spacial score (nSPS) is 10.1. The molecule has 0 fully saturated rings. The van der Waals surface area contributed by atoms with E-state index >= 15 is 0 Å². The average Bonchev–Trinajstić information content (AvgIpc) is 2.29. The Bertz CT molecular complexity index is 568. The average molecular weight is 236 g/mol. The van der Waals surface area contributed by atoms with Crippen molar-refractivity contribution in [2.75, 3.05) is 7.11 Å². The Labute approximate surface area is 96.9 Å². The van der Waals surface area contributed by atoms with Gasteiger partial charge in [-0.15, -0.1) is 0 Å². The van der Waals surface area contributed by atoms with Crippen molar-refractivity contribution in [1.82, 2.24) is 10.2 Å². The SMILES string of the molecule is COc1ccc(-c2cn[nH]c(=S)c2)cc1F. The summed E-state index contributed by atoms with van der Waals surface area (Å²) in [6.07, 6.45) is 1.59. The smallest absolute Gasteiger partial charge is 0.165 e. The molecule has 1 N–H and O–H groups in total. The third kappa shape index (κ3) is 2.09. The predicted molar refractivity (Wildman–Crippen MR) is 61.4 cm³/mol. The summed E-state index contributed by atoms with van der Waals surface area (Å²) >= 11 is 4.94. The molecule has 2 aromatic rings. The van der Waals surface area contributed by atoms with E-state index in [2.05, 4.69) is 10.2 Å². The Morgan fingerprint density at radius 3 is 2.75 bits per heavy atom. The van der Waals surface area contributed by atoms with Crippen LogP contribution in [0.5, 0.6) is 5.75 Å². The molecule has 0 aliphatic rings. The van der Waals surface area contributed by atoms with E-state index in [4.69, 9.17) is 17.0 Å². The number of nitrogens with one attached hydrogen (secondary N) is 1. The molecule has 0 saturated heterocycles. The fourth-order valence-corrected chi connectivity index (χ4v) is 1.56. The van der Waals surface area contributed by atoms with Crippen molar-refractivity contribution >= 4 is 12.2 Å². The predicted octanol–water partition coefficient (Wildman–Crippen LogP) is 2.95. The summed E-state index contributed by atoms with van der Waals surface area (Å²) in [4.78, 5) is 0. The van der Waals surface area contributed by atoms with Gasteiger partial charge in [0.2, 0.25) is 0 Å². The lowest BCUT2D eigenvalue weighted by atomic mass is 10.1. The van der Waals surface area contributed by atoms with E-state index in [9.17, 15) is 4.39 Å². The number of ether oxygens (including phenoxy) is 1. The Hall–Kier alpha value is -1.75. The Morgan fingerprint density at radius 1 is 1.31 bits per heavy atom. The van der Waals surface area contributed by atoms with Gasteiger partial charge in [0.05, 0.1) is 13.3 Å². The summed E-state index contributed by atoms with van der Waals surface area (Å²) in [5.74, 6) is -0.184. The summed E-state index contributed by atoms with van der Waals surface area (Å²) in [5.41, 5.74) is 1.48. The highest BCUT2D eigenvalue weighted by Gasteiger charge is 2.05. The molecule has 0 bridgehead atoms. The number of benzene rings is 1. The lowest BCUT2D eigenvalue weighted by molar-refractivity contribution is 0.386. The second kappa shape index (κ2) is 4.40. The summed E-state index contributed by atoms with van der Waals surface area (Å²) < 4.78 is 18.8. The van der Waals surface area contributed by atoms with E-state index in [1.54, 1.807) is 24.4 Å². The number of rotatable bonds is 2. The number of hydrogen-bond donors (Lipinski definition) is 1. The number of halogens is 1. The van der Waals surface area contributed by atoms with Gasteiger partial charge >= 0.3 is 0 Å². The minimum atomic E-state index is -0.404. The zero-order valence-corrected chi connectivity index (χ0v) is 9.34. The molecule has 5 heteroatoms. The molecule has 0 unspecified atom stereocenters. The number of methoxy groups -OCH3 is 1. The monoisotopic (exact) mass is 236 g/mol. The van der Waals surface area contributed by atoms with Crippen LogP contribution in [0.2, 0.25) is 0 Å². The van der Waals surface area contributed by atoms with Crippen molar-refractivity contribution in [1.29, 1.82) is 0 Å². The van der Waals surface area contributed by atoms with Gasteiger partial charge in [-0.1, -0.05) is 18.3 Å². The maximum absolute atomic E-state index is 13.5. The van der Waals surface area contributed by atoms with Crippen LogP contribution in [0.25, 0.3) is 11.1 Å². The fourth-order valence-electron chi connectivity index (χ4n) is 1.38. The van der Waals surface area contributed by atoms with Gasteiger partial charge in [0.25, 0.3) is 0 Å². The zero-order valence-electron chi connectivity index (χ0n) is 8.53. The molecule has 0 radical (unpaired) electrons. The molecule has 2 rings (SSSR count). The van der Waals surface area contributed by atoms with Gasteiger partial charge in [-0.25, -0.2) is 4.39 Å². The molecule has 0 atom stereocenters. The van der Waals surface area contributed by atoms with Crippen LogP contribution < -0.4 is 4.74 Å². The maximum Gasteiger partial charge on any atom is 0.165 e. The van der Waals surface area contributed by atoms with E-state index in [0.29, 0.717) is 10.2 Å². The molecular formula is C11H9FN2OS. The molecule has 1 aromatic carbocycles. The molecular weight excluding hydrogens is 227 g/mol. The van der Waals surface area contributed by atoms with E-state index in [0.717, 1.165) is 5.56 Å². The molecule has 0 spiro atoms. The van der Waals surface area contributed by atoms with Crippen LogP contribution in [0.15, 0.2) is 30.5 Å². The molecule has 82 valence electrons. The highest BCUT2D eigenvalue weighted by Crippen LogP contribution is 2.24. The Balaban J connectivity index is 2.49. The molecule has 3 nitrogen and oxygen atoms in total. The van der Waals surface area contributed by atoms with E-state index in [1.165, 1.54) is 13.2 Å². The number of hydrogen-bond acceptors (Lipinski definition) is 3. The third-order valence-corrected chi connectivity index (χ3v) is 2.36. The van der Waals surface area contributed by atoms with Crippen LogP contribution in [0.1, 0.15) is 0 Å². The van der Waals surface area contributed by atoms with Gasteiger partial charge in [0.15, 0.2) is 11.6 Å². The van der Waals surface area contributed by atoms with Crippen molar-refractivity contribution in [3.63, 3.8) is 0 Å². The van der Waals surface area contributed by atoms with Gasteiger partial charge in [0, 0.05) is 5.56 Å². The fraction of sp³-hybridized carbons (Fsp3) is 0.0909. The first kappa shape index (κ1) is 10.8. The Morgan fingerprint density at radius 2 is 2.12 bits per heavy atom. The topological polar surface area (TPSA) is 37.9 Å². The molecule has 0 amide bonds. The molecule has 0 aliphatic heterocycles. The highest BCUT2D eigenvalue weighted by molar-refractivity contribution is 7.71. The van der Waals surface area contributed by atoms with Crippen LogP contribution in [0.3, 0.4) is 0 Å². The van der Waals surface area contributed by atoms with Crippen molar-refractivity contribution < 1.29 is 9.13 Å². The summed E-state index contributed by atoms with van der Waals surface area (Å²) in [5, 5.41) is 6.47. The largest absolute Gasteiger partial charge is 0.494 e. The molecule has 1 aromatic heterocycles. The highest BCUT2D eigenvalue weighted by atomic mass is 32.1. The summed E-state index contributed by atoms with van der Waals surface area (Å²) in [7, 11) is 1.43. The minimum Gasteiger partial charge on any atom is -0.494 e. The van der Waals surface area contributed by atoms with Crippen molar-refractivity contribution in [2.45, 2.75) is 0 Å². The molecule has 0 saturated carbocycles. The quantitative estimate of drug-likeness (QED) is 0.815. The van der Waals surface area contributed by atoms with Crippen molar-refractivity contribution in [3.05, 3.63) is 40.9 Å².